The van der Waals surface area contributed by atoms with Gasteiger partial charge in [-0.15, -0.1) is 0 Å². The van der Waals surface area contributed by atoms with Crippen molar-refractivity contribution >= 4 is 29.5 Å². The molecular weight excluding hydrogens is 332 g/mol. The molecule has 0 spiro atoms. The summed E-state index contributed by atoms with van der Waals surface area (Å²) in [4.78, 5) is 35.9. The van der Waals surface area contributed by atoms with Gasteiger partial charge in [0, 0.05) is 17.6 Å². The van der Waals surface area contributed by atoms with Crippen molar-refractivity contribution in [2.45, 2.75) is 6.10 Å². The van der Waals surface area contributed by atoms with Crippen LogP contribution in [-0.4, -0.2) is 25.0 Å². The molecule has 0 aromatic heterocycles. The number of carbonyl (C=O) groups is 3. The number of amides is 3. The zero-order valence-corrected chi connectivity index (χ0v) is 13.5. The molecule has 2 aromatic rings. The minimum absolute atomic E-state index is 0.244. The molecule has 0 radical (unpaired) electrons. The van der Waals surface area contributed by atoms with Gasteiger partial charge in [-0.05, 0) is 24.3 Å². The van der Waals surface area contributed by atoms with Crippen molar-refractivity contribution in [2.75, 3.05) is 7.05 Å². The molecule has 7 heteroatoms. The number of urea groups is 1. The minimum Gasteiger partial charge on any atom is -0.444 e. The third-order valence-electron chi connectivity index (χ3n) is 3.11. The Morgan fingerprint density at radius 1 is 1.00 bits per heavy atom. The number of nitrogens with one attached hydrogen (secondary N) is 2. The van der Waals surface area contributed by atoms with Gasteiger partial charge in [-0.25, -0.2) is 9.59 Å². The van der Waals surface area contributed by atoms with Crippen LogP contribution in [0.4, 0.5) is 4.79 Å². The Balaban J connectivity index is 2.22. The molecule has 0 fully saturated rings. The van der Waals surface area contributed by atoms with E-state index in [9.17, 15) is 14.4 Å². The summed E-state index contributed by atoms with van der Waals surface area (Å²) in [5, 5.41) is 4.85. The number of hydrogen-bond donors (Lipinski definition) is 2. The van der Waals surface area contributed by atoms with Gasteiger partial charge in [0.2, 0.25) is 6.10 Å². The van der Waals surface area contributed by atoms with Crippen molar-refractivity contribution in [3.8, 4) is 0 Å². The highest BCUT2D eigenvalue weighted by molar-refractivity contribution is 6.30. The Kier molecular flexibility index (Phi) is 5.92. The maximum atomic E-state index is 12.3. The number of hydrogen-bond acceptors (Lipinski definition) is 4. The summed E-state index contributed by atoms with van der Waals surface area (Å²) in [5.74, 6) is -1.45. The monoisotopic (exact) mass is 346 g/mol. The number of halogens is 1. The van der Waals surface area contributed by atoms with Crippen LogP contribution in [0.15, 0.2) is 54.6 Å². The van der Waals surface area contributed by atoms with Crippen LogP contribution in [0.1, 0.15) is 22.0 Å². The molecule has 6 nitrogen and oxygen atoms in total. The average Bonchev–Trinajstić information content (AvgIpc) is 2.60. The normalized spacial score (nSPS) is 11.2. The number of carbonyl (C=O) groups excluding carboxylic acids is 3. The summed E-state index contributed by atoms with van der Waals surface area (Å²) in [6.07, 6.45) is -1.26. The topological polar surface area (TPSA) is 84.5 Å². The molecule has 0 saturated heterocycles. The van der Waals surface area contributed by atoms with Gasteiger partial charge >= 0.3 is 12.0 Å². The van der Waals surface area contributed by atoms with Crippen molar-refractivity contribution in [1.82, 2.24) is 10.6 Å². The number of esters is 1. The SMILES string of the molecule is CNC(=O)NC(=O)[C@@H](OC(=O)c1ccc(Cl)cc1)c1ccccc1. The standard InChI is InChI=1S/C17H15ClN2O4/c1-19-17(23)20-15(21)14(11-5-3-2-4-6-11)24-16(22)12-7-9-13(18)10-8-12/h2-10,14H,1H3,(H2,19,20,21,23)/t14-/m0/s1. The third-order valence-corrected chi connectivity index (χ3v) is 3.36. The van der Waals surface area contributed by atoms with Crippen LogP contribution in [0.25, 0.3) is 0 Å². The maximum Gasteiger partial charge on any atom is 0.339 e. The lowest BCUT2D eigenvalue weighted by Crippen LogP contribution is -2.41. The van der Waals surface area contributed by atoms with Gasteiger partial charge in [0.25, 0.3) is 5.91 Å². The predicted molar refractivity (Wildman–Crippen MR) is 88.6 cm³/mol. The van der Waals surface area contributed by atoms with Gasteiger partial charge in [0.05, 0.1) is 5.56 Å². The average molecular weight is 347 g/mol. The molecule has 2 N–H and O–H groups in total. The largest absolute Gasteiger partial charge is 0.444 e. The molecule has 0 unspecified atom stereocenters. The van der Waals surface area contributed by atoms with E-state index in [-0.39, 0.29) is 5.56 Å². The Hall–Kier alpha value is -2.86. The van der Waals surface area contributed by atoms with Crippen LogP contribution in [0.2, 0.25) is 5.02 Å². The summed E-state index contributed by atoms with van der Waals surface area (Å²) in [7, 11) is 1.37. The van der Waals surface area contributed by atoms with E-state index in [1.165, 1.54) is 19.2 Å². The molecule has 124 valence electrons. The van der Waals surface area contributed by atoms with Crippen LogP contribution < -0.4 is 10.6 Å². The Labute approximate surface area is 143 Å². The smallest absolute Gasteiger partial charge is 0.339 e. The van der Waals surface area contributed by atoms with Crippen LogP contribution >= 0.6 is 11.6 Å². The second-order valence-corrected chi connectivity index (χ2v) is 5.21. The molecular formula is C17H15ClN2O4. The second-order valence-electron chi connectivity index (χ2n) is 4.77. The lowest BCUT2D eigenvalue weighted by atomic mass is 10.1. The highest BCUT2D eigenvalue weighted by Crippen LogP contribution is 2.20. The molecule has 2 aromatic carbocycles. The molecule has 0 bridgehead atoms. The fraction of sp³-hybridized carbons (Fsp3) is 0.118. The van der Waals surface area contributed by atoms with E-state index >= 15 is 0 Å². The summed E-state index contributed by atoms with van der Waals surface area (Å²) in [6.45, 7) is 0. The van der Waals surface area contributed by atoms with E-state index in [2.05, 4.69) is 10.6 Å². The van der Waals surface area contributed by atoms with Crippen LogP contribution in [0.5, 0.6) is 0 Å². The molecule has 24 heavy (non-hydrogen) atoms. The minimum atomic E-state index is -1.26. The quantitative estimate of drug-likeness (QED) is 0.834. The highest BCUT2D eigenvalue weighted by atomic mass is 35.5. The first kappa shape index (κ1) is 17.5. The molecule has 0 aliphatic heterocycles. The molecule has 2 rings (SSSR count). The fourth-order valence-electron chi connectivity index (χ4n) is 1.90. The van der Waals surface area contributed by atoms with Gasteiger partial charge in [0.15, 0.2) is 0 Å². The van der Waals surface area contributed by atoms with E-state index in [1.54, 1.807) is 42.5 Å². The zero-order chi connectivity index (χ0) is 17.5. The Morgan fingerprint density at radius 3 is 2.21 bits per heavy atom. The van der Waals surface area contributed by atoms with E-state index < -0.39 is 24.0 Å². The molecule has 0 aliphatic rings. The zero-order valence-electron chi connectivity index (χ0n) is 12.8. The van der Waals surface area contributed by atoms with Gasteiger partial charge in [-0.3, -0.25) is 10.1 Å². The first-order chi connectivity index (χ1) is 11.5. The van der Waals surface area contributed by atoms with Crippen molar-refractivity contribution in [3.05, 3.63) is 70.7 Å². The van der Waals surface area contributed by atoms with Crippen LogP contribution in [0.3, 0.4) is 0 Å². The molecule has 1 atom stereocenters. The number of ether oxygens (including phenoxy) is 1. The number of benzene rings is 2. The molecule has 0 aliphatic carbocycles. The first-order valence-electron chi connectivity index (χ1n) is 7.05. The number of rotatable bonds is 4. The van der Waals surface area contributed by atoms with Crippen LogP contribution in [0, 0.1) is 0 Å². The van der Waals surface area contributed by atoms with Gasteiger partial charge in [-0.1, -0.05) is 41.9 Å². The van der Waals surface area contributed by atoms with E-state index in [1.807, 2.05) is 0 Å². The fourth-order valence-corrected chi connectivity index (χ4v) is 2.03. The van der Waals surface area contributed by atoms with Gasteiger partial charge < -0.3 is 10.1 Å². The van der Waals surface area contributed by atoms with Crippen molar-refractivity contribution in [2.24, 2.45) is 0 Å². The first-order valence-corrected chi connectivity index (χ1v) is 7.43. The molecule has 0 heterocycles. The highest BCUT2D eigenvalue weighted by Gasteiger charge is 2.26. The summed E-state index contributed by atoms with van der Waals surface area (Å²) >= 11 is 5.78. The third kappa shape index (κ3) is 4.57. The Bertz CT molecular complexity index is 732. The van der Waals surface area contributed by atoms with Crippen molar-refractivity contribution in [3.63, 3.8) is 0 Å². The van der Waals surface area contributed by atoms with Crippen molar-refractivity contribution < 1.29 is 19.1 Å². The predicted octanol–water partition coefficient (Wildman–Crippen LogP) is 2.69. The molecule has 3 amide bonds. The van der Waals surface area contributed by atoms with E-state index in [4.69, 9.17) is 16.3 Å². The summed E-state index contributed by atoms with van der Waals surface area (Å²) in [5.41, 5.74) is 0.689. The number of imide groups is 1. The molecule has 0 saturated carbocycles. The lowest BCUT2D eigenvalue weighted by Gasteiger charge is -2.17. The van der Waals surface area contributed by atoms with Crippen LogP contribution in [-0.2, 0) is 9.53 Å². The Morgan fingerprint density at radius 2 is 1.62 bits per heavy atom. The van der Waals surface area contributed by atoms with Gasteiger partial charge in [0.1, 0.15) is 0 Å². The van der Waals surface area contributed by atoms with Gasteiger partial charge in [-0.2, -0.15) is 0 Å². The van der Waals surface area contributed by atoms with Crippen molar-refractivity contribution in [1.29, 1.82) is 0 Å². The van der Waals surface area contributed by atoms with E-state index in [0.717, 1.165) is 0 Å². The summed E-state index contributed by atoms with van der Waals surface area (Å²) < 4.78 is 5.30. The van der Waals surface area contributed by atoms with E-state index in [0.29, 0.717) is 10.6 Å². The maximum absolute atomic E-state index is 12.3. The summed E-state index contributed by atoms with van der Waals surface area (Å²) in [6, 6.07) is 13.8. The lowest BCUT2D eigenvalue weighted by molar-refractivity contribution is -0.129. The second kappa shape index (κ2) is 8.12.